The van der Waals surface area contributed by atoms with Crippen molar-refractivity contribution in [3.63, 3.8) is 0 Å². The zero-order chi connectivity index (χ0) is 16.9. The number of likely N-dealkylation sites (tertiary alicyclic amines) is 1. The lowest BCUT2D eigenvalue weighted by atomic mass is 9.88. The fourth-order valence-corrected chi connectivity index (χ4v) is 7.57. The van der Waals surface area contributed by atoms with Crippen molar-refractivity contribution in [1.29, 1.82) is 0 Å². The van der Waals surface area contributed by atoms with Crippen molar-refractivity contribution < 1.29 is 13.2 Å². The first kappa shape index (κ1) is 16.6. The van der Waals surface area contributed by atoms with Crippen LogP contribution in [0.4, 0.5) is 5.13 Å². The number of hydrogen-bond donors (Lipinski definition) is 0. The third kappa shape index (κ3) is 3.04. The lowest BCUT2D eigenvalue weighted by molar-refractivity contribution is 0.0647. The lowest BCUT2D eigenvalue weighted by Crippen LogP contribution is -2.43. The van der Waals surface area contributed by atoms with Crippen LogP contribution in [-0.2, 0) is 9.84 Å². The molecule has 24 heavy (non-hydrogen) atoms. The van der Waals surface area contributed by atoms with Crippen LogP contribution in [0, 0.1) is 11.8 Å². The van der Waals surface area contributed by atoms with Crippen LogP contribution in [0.25, 0.3) is 0 Å². The fraction of sp³-hybridized carbons (Fsp3) is 0.733. The van der Waals surface area contributed by atoms with E-state index in [0.29, 0.717) is 18.0 Å². The Morgan fingerprint density at radius 3 is 2.62 bits per heavy atom. The Hall–Kier alpha value is -0.860. The summed E-state index contributed by atoms with van der Waals surface area (Å²) in [4.78, 5) is 21.6. The number of rotatable bonds is 2. The van der Waals surface area contributed by atoms with Gasteiger partial charge in [0.15, 0.2) is 20.1 Å². The van der Waals surface area contributed by atoms with Crippen LogP contribution in [0.1, 0.15) is 28.9 Å². The number of thiazole rings is 1. The molecular weight excluding hydrogens is 370 g/mol. The van der Waals surface area contributed by atoms with E-state index in [-0.39, 0.29) is 34.4 Å². The molecule has 0 N–H and O–H groups in total. The van der Waals surface area contributed by atoms with Crippen molar-refractivity contribution in [2.45, 2.75) is 19.3 Å². The minimum atomic E-state index is -2.94. The summed E-state index contributed by atoms with van der Waals surface area (Å²) in [5.74, 6) is 0.649. The number of nitrogens with zero attached hydrogens (tertiary/aromatic N) is 3. The van der Waals surface area contributed by atoms with Crippen molar-refractivity contribution in [2.24, 2.45) is 11.8 Å². The standard InChI is InChI=1S/C15H20ClN3O3S2/c16-13-12(23-15(17-13)18-4-1-2-5-18)14(20)19-6-3-10-8-24(21,22)9-11(10)7-19/h10-11H,1-9H2. The Labute approximate surface area is 150 Å². The Morgan fingerprint density at radius 2 is 1.88 bits per heavy atom. The van der Waals surface area contributed by atoms with Gasteiger partial charge < -0.3 is 9.80 Å². The number of piperidine rings is 1. The largest absolute Gasteiger partial charge is 0.348 e. The molecule has 0 aliphatic carbocycles. The molecule has 0 aromatic carbocycles. The summed E-state index contributed by atoms with van der Waals surface area (Å²) >= 11 is 7.58. The van der Waals surface area contributed by atoms with E-state index >= 15 is 0 Å². The van der Waals surface area contributed by atoms with E-state index in [2.05, 4.69) is 9.88 Å². The Morgan fingerprint density at radius 1 is 1.17 bits per heavy atom. The Balaban J connectivity index is 1.50. The van der Waals surface area contributed by atoms with Crippen LogP contribution in [-0.4, -0.2) is 61.9 Å². The van der Waals surface area contributed by atoms with Gasteiger partial charge in [0.1, 0.15) is 4.88 Å². The zero-order valence-corrected chi connectivity index (χ0v) is 15.7. The van der Waals surface area contributed by atoms with Gasteiger partial charge in [-0.25, -0.2) is 13.4 Å². The molecule has 132 valence electrons. The number of carbonyl (C=O) groups excluding carboxylic acids is 1. The molecule has 2 atom stereocenters. The molecule has 0 spiro atoms. The van der Waals surface area contributed by atoms with Gasteiger partial charge in [-0.15, -0.1) is 0 Å². The van der Waals surface area contributed by atoms with Crippen molar-refractivity contribution >= 4 is 43.8 Å². The van der Waals surface area contributed by atoms with E-state index in [1.165, 1.54) is 11.3 Å². The summed E-state index contributed by atoms with van der Waals surface area (Å²) in [5.41, 5.74) is 0. The maximum absolute atomic E-state index is 12.8. The normalized spacial score (nSPS) is 29.0. The maximum atomic E-state index is 12.8. The molecule has 0 bridgehead atoms. The molecule has 6 nitrogen and oxygen atoms in total. The van der Waals surface area contributed by atoms with E-state index in [9.17, 15) is 13.2 Å². The SMILES string of the molecule is O=C(c1sc(N2CCCC2)nc1Cl)N1CCC2CS(=O)(=O)CC2C1. The van der Waals surface area contributed by atoms with E-state index < -0.39 is 9.84 Å². The summed E-state index contributed by atoms with van der Waals surface area (Å²) in [6.07, 6.45) is 3.04. The van der Waals surface area contributed by atoms with Crippen molar-refractivity contribution in [3.05, 3.63) is 10.0 Å². The molecule has 3 aliphatic rings. The second-order valence-electron chi connectivity index (χ2n) is 6.95. The van der Waals surface area contributed by atoms with Gasteiger partial charge in [-0.05, 0) is 31.1 Å². The number of sulfone groups is 1. The van der Waals surface area contributed by atoms with Crippen LogP contribution in [0.5, 0.6) is 0 Å². The Kier molecular flexibility index (Phi) is 4.25. The second-order valence-corrected chi connectivity index (χ2v) is 10.4. The fourth-order valence-electron chi connectivity index (χ4n) is 4.00. The summed E-state index contributed by atoms with van der Waals surface area (Å²) < 4.78 is 23.6. The number of anilines is 1. The predicted molar refractivity (Wildman–Crippen MR) is 94.7 cm³/mol. The highest BCUT2D eigenvalue weighted by molar-refractivity contribution is 7.91. The van der Waals surface area contributed by atoms with E-state index in [1.807, 2.05) is 0 Å². The van der Waals surface area contributed by atoms with Gasteiger partial charge in [0.05, 0.1) is 11.5 Å². The molecule has 0 radical (unpaired) electrons. The third-order valence-electron chi connectivity index (χ3n) is 5.26. The number of hydrogen-bond acceptors (Lipinski definition) is 6. The van der Waals surface area contributed by atoms with Crippen molar-refractivity contribution in [2.75, 3.05) is 42.6 Å². The highest BCUT2D eigenvalue weighted by atomic mass is 35.5. The second kappa shape index (κ2) is 6.14. The minimum absolute atomic E-state index is 0.0671. The van der Waals surface area contributed by atoms with Gasteiger partial charge in [0.2, 0.25) is 0 Å². The number of carbonyl (C=O) groups is 1. The van der Waals surface area contributed by atoms with E-state index in [1.54, 1.807) is 4.90 Å². The quantitative estimate of drug-likeness (QED) is 0.772. The molecule has 1 amide bonds. The molecule has 4 heterocycles. The van der Waals surface area contributed by atoms with Crippen LogP contribution in [0.3, 0.4) is 0 Å². The number of aromatic nitrogens is 1. The van der Waals surface area contributed by atoms with E-state index in [0.717, 1.165) is 37.5 Å². The van der Waals surface area contributed by atoms with Crippen LogP contribution in [0.15, 0.2) is 0 Å². The van der Waals surface area contributed by atoms with Crippen molar-refractivity contribution in [1.82, 2.24) is 9.88 Å². The minimum Gasteiger partial charge on any atom is -0.348 e. The monoisotopic (exact) mass is 389 g/mol. The number of halogens is 1. The van der Waals surface area contributed by atoms with Gasteiger partial charge in [-0.1, -0.05) is 22.9 Å². The van der Waals surface area contributed by atoms with Crippen LogP contribution < -0.4 is 4.90 Å². The first-order valence-corrected chi connectivity index (χ1v) is 11.4. The molecule has 1 aromatic rings. The topological polar surface area (TPSA) is 70.6 Å². The molecule has 3 fully saturated rings. The van der Waals surface area contributed by atoms with E-state index in [4.69, 9.17) is 11.6 Å². The molecule has 0 saturated carbocycles. The predicted octanol–water partition coefficient (Wildman–Crippen LogP) is 1.90. The molecule has 9 heteroatoms. The average Bonchev–Trinajstić information content (AvgIpc) is 3.22. The number of fused-ring (bicyclic) bond motifs is 1. The summed E-state index contributed by atoms with van der Waals surface area (Å²) in [6, 6.07) is 0. The molecule has 4 rings (SSSR count). The highest BCUT2D eigenvalue weighted by Gasteiger charge is 2.42. The van der Waals surface area contributed by atoms with Gasteiger partial charge in [0, 0.05) is 26.2 Å². The van der Waals surface area contributed by atoms with Crippen LogP contribution in [0.2, 0.25) is 5.15 Å². The molecule has 3 saturated heterocycles. The van der Waals surface area contributed by atoms with Gasteiger partial charge >= 0.3 is 0 Å². The highest BCUT2D eigenvalue weighted by Crippen LogP contribution is 2.36. The molecule has 3 aliphatic heterocycles. The van der Waals surface area contributed by atoms with Gasteiger partial charge in [-0.3, -0.25) is 4.79 Å². The number of amides is 1. The molecule has 2 unspecified atom stereocenters. The molecular formula is C15H20ClN3O3S2. The first-order chi connectivity index (χ1) is 11.4. The van der Waals surface area contributed by atoms with Crippen LogP contribution >= 0.6 is 22.9 Å². The molecule has 1 aromatic heterocycles. The Bertz CT molecular complexity index is 758. The third-order valence-corrected chi connectivity index (χ3v) is 8.62. The summed E-state index contributed by atoms with van der Waals surface area (Å²) in [7, 11) is -2.94. The lowest BCUT2D eigenvalue weighted by Gasteiger charge is -2.33. The average molecular weight is 390 g/mol. The smallest absolute Gasteiger partial charge is 0.267 e. The summed E-state index contributed by atoms with van der Waals surface area (Å²) in [6.45, 7) is 3.03. The van der Waals surface area contributed by atoms with Gasteiger partial charge in [-0.2, -0.15) is 0 Å². The van der Waals surface area contributed by atoms with Crippen molar-refractivity contribution in [3.8, 4) is 0 Å². The zero-order valence-electron chi connectivity index (χ0n) is 13.3. The summed E-state index contributed by atoms with van der Waals surface area (Å²) in [5, 5.41) is 1.09. The maximum Gasteiger partial charge on any atom is 0.267 e. The first-order valence-electron chi connectivity index (χ1n) is 8.34. The van der Waals surface area contributed by atoms with Gasteiger partial charge in [0.25, 0.3) is 5.91 Å².